The van der Waals surface area contributed by atoms with Crippen molar-refractivity contribution in [2.75, 3.05) is 0 Å². The van der Waals surface area contributed by atoms with Crippen molar-refractivity contribution in [1.29, 1.82) is 0 Å². The molecule has 0 saturated heterocycles. The standard InChI is InChI=1S/C19H18/c1-13-5-4-8-17-15(13)11-12-18-16-7-3-2-6-14(16)9-10-19(17)18/h3,7-12H,2,4-6H2,1H3. The Morgan fingerprint density at radius 1 is 0.895 bits per heavy atom. The Morgan fingerprint density at radius 2 is 1.79 bits per heavy atom. The predicted molar refractivity (Wildman–Crippen MR) is 83.3 cm³/mol. The summed E-state index contributed by atoms with van der Waals surface area (Å²) < 4.78 is 0. The number of benzene rings is 2. The lowest BCUT2D eigenvalue weighted by Gasteiger charge is -2.15. The van der Waals surface area contributed by atoms with Gasteiger partial charge in [0.2, 0.25) is 0 Å². The molecule has 0 aliphatic heterocycles. The molecule has 94 valence electrons. The van der Waals surface area contributed by atoms with Crippen molar-refractivity contribution >= 4 is 28.5 Å². The van der Waals surface area contributed by atoms with E-state index in [-0.39, 0.29) is 0 Å². The molecule has 19 heavy (non-hydrogen) atoms. The van der Waals surface area contributed by atoms with Crippen LogP contribution in [0.1, 0.15) is 37.3 Å². The second kappa shape index (κ2) is 4.09. The third kappa shape index (κ3) is 1.59. The van der Waals surface area contributed by atoms with Crippen LogP contribution < -0.4 is 10.4 Å². The van der Waals surface area contributed by atoms with E-state index < -0.39 is 0 Å². The molecule has 4 rings (SSSR count). The molecule has 0 amide bonds. The summed E-state index contributed by atoms with van der Waals surface area (Å²) in [6.07, 6.45) is 11.8. The second-order valence-electron chi connectivity index (χ2n) is 5.72. The van der Waals surface area contributed by atoms with E-state index >= 15 is 0 Å². The number of aryl methyl sites for hydroxylation is 1. The average molecular weight is 246 g/mol. The maximum atomic E-state index is 2.42. The minimum Gasteiger partial charge on any atom is -0.0836 e. The lowest BCUT2D eigenvalue weighted by molar-refractivity contribution is 0.989. The SMILES string of the molecule is CC1=c2ccc3c4c(ccc3c2=CCC1)CCC=C4. The molecule has 2 aliphatic rings. The van der Waals surface area contributed by atoms with Crippen LogP contribution >= 0.6 is 0 Å². The molecule has 0 unspecified atom stereocenters. The molecule has 0 spiro atoms. The number of hydrogen-bond donors (Lipinski definition) is 0. The molecule has 0 heterocycles. The van der Waals surface area contributed by atoms with E-state index in [4.69, 9.17) is 0 Å². The van der Waals surface area contributed by atoms with Gasteiger partial charge in [0.1, 0.15) is 0 Å². The highest BCUT2D eigenvalue weighted by atomic mass is 14.1. The van der Waals surface area contributed by atoms with Gasteiger partial charge < -0.3 is 0 Å². The van der Waals surface area contributed by atoms with Gasteiger partial charge in [-0.3, -0.25) is 0 Å². The Morgan fingerprint density at radius 3 is 2.74 bits per heavy atom. The second-order valence-corrected chi connectivity index (χ2v) is 5.72. The molecule has 2 aromatic carbocycles. The summed E-state index contributed by atoms with van der Waals surface area (Å²) in [5.41, 5.74) is 4.49. The summed E-state index contributed by atoms with van der Waals surface area (Å²) in [5.74, 6) is 0. The van der Waals surface area contributed by atoms with Crippen molar-refractivity contribution in [3.05, 3.63) is 51.9 Å². The van der Waals surface area contributed by atoms with Crippen LogP contribution in [0, 0.1) is 0 Å². The van der Waals surface area contributed by atoms with E-state index in [1.807, 2.05) is 0 Å². The summed E-state index contributed by atoms with van der Waals surface area (Å²) in [6.45, 7) is 2.27. The number of hydrogen-bond acceptors (Lipinski definition) is 0. The zero-order valence-corrected chi connectivity index (χ0v) is 11.4. The van der Waals surface area contributed by atoms with Gasteiger partial charge in [-0.2, -0.15) is 0 Å². The molecule has 0 nitrogen and oxygen atoms in total. The van der Waals surface area contributed by atoms with Gasteiger partial charge in [-0.05, 0) is 64.9 Å². The van der Waals surface area contributed by atoms with E-state index in [9.17, 15) is 0 Å². The number of allylic oxidation sites excluding steroid dienone is 1. The van der Waals surface area contributed by atoms with Crippen LogP contribution in [0.5, 0.6) is 0 Å². The quantitative estimate of drug-likeness (QED) is 0.667. The fourth-order valence-electron chi connectivity index (χ4n) is 3.51. The van der Waals surface area contributed by atoms with E-state index in [0.717, 1.165) is 0 Å². The highest BCUT2D eigenvalue weighted by Gasteiger charge is 2.10. The third-order valence-electron chi connectivity index (χ3n) is 4.57. The van der Waals surface area contributed by atoms with Gasteiger partial charge in [-0.1, -0.05) is 48.1 Å². The first-order valence-corrected chi connectivity index (χ1v) is 7.26. The summed E-state index contributed by atoms with van der Waals surface area (Å²) >= 11 is 0. The van der Waals surface area contributed by atoms with Gasteiger partial charge in [-0.15, -0.1) is 0 Å². The first-order chi connectivity index (χ1) is 9.34. The molecule has 0 aromatic heterocycles. The smallest absolute Gasteiger partial charge is 0.0102 e. The molecule has 0 radical (unpaired) electrons. The van der Waals surface area contributed by atoms with Gasteiger partial charge in [0.05, 0.1) is 0 Å². The zero-order valence-electron chi connectivity index (χ0n) is 11.4. The number of rotatable bonds is 0. The molecule has 2 aromatic rings. The van der Waals surface area contributed by atoms with E-state index in [1.54, 1.807) is 0 Å². The first-order valence-electron chi connectivity index (χ1n) is 7.26. The fraction of sp³-hybridized carbons (Fsp3) is 0.263. The average Bonchev–Trinajstić information content (AvgIpc) is 2.47. The largest absolute Gasteiger partial charge is 0.0836 e. The monoisotopic (exact) mass is 246 g/mol. The summed E-state index contributed by atoms with van der Waals surface area (Å²) in [4.78, 5) is 0. The topological polar surface area (TPSA) is 0 Å². The Hall–Kier alpha value is -1.82. The van der Waals surface area contributed by atoms with E-state index in [0.29, 0.717) is 0 Å². The highest BCUT2D eigenvalue weighted by molar-refractivity contribution is 5.93. The third-order valence-corrected chi connectivity index (χ3v) is 4.57. The molecule has 0 bridgehead atoms. The molecular formula is C19H18. The van der Waals surface area contributed by atoms with Crippen LogP contribution in [0.4, 0.5) is 0 Å². The molecule has 0 heteroatoms. The Balaban J connectivity index is 2.20. The maximum absolute atomic E-state index is 2.42. The van der Waals surface area contributed by atoms with Gasteiger partial charge in [-0.25, -0.2) is 0 Å². The van der Waals surface area contributed by atoms with Crippen molar-refractivity contribution in [2.45, 2.75) is 32.6 Å². The molecule has 2 aliphatic carbocycles. The number of fused-ring (bicyclic) bond motifs is 5. The predicted octanol–water partition coefficient (Wildman–Crippen LogP) is 3.54. The van der Waals surface area contributed by atoms with E-state index in [2.05, 4.69) is 49.4 Å². The van der Waals surface area contributed by atoms with Gasteiger partial charge >= 0.3 is 0 Å². The van der Waals surface area contributed by atoms with Crippen LogP contribution in [0.3, 0.4) is 0 Å². The van der Waals surface area contributed by atoms with Gasteiger partial charge in [0.25, 0.3) is 0 Å². The zero-order chi connectivity index (χ0) is 12.8. The van der Waals surface area contributed by atoms with Crippen molar-refractivity contribution in [3.63, 3.8) is 0 Å². The Kier molecular flexibility index (Phi) is 2.38. The molecule has 0 saturated carbocycles. The Bertz CT molecular complexity index is 819. The minimum atomic E-state index is 1.18. The normalized spacial score (nSPS) is 17.0. The minimum absolute atomic E-state index is 1.18. The Labute approximate surface area is 113 Å². The maximum Gasteiger partial charge on any atom is -0.0102 e. The van der Waals surface area contributed by atoms with Gasteiger partial charge in [0.15, 0.2) is 0 Å². The van der Waals surface area contributed by atoms with Crippen LogP contribution in [0.25, 0.3) is 28.5 Å². The highest BCUT2D eigenvalue weighted by Crippen LogP contribution is 2.26. The van der Waals surface area contributed by atoms with Crippen LogP contribution in [0.15, 0.2) is 30.3 Å². The summed E-state index contributed by atoms with van der Waals surface area (Å²) in [6, 6.07) is 9.32. The molecule has 0 N–H and O–H groups in total. The van der Waals surface area contributed by atoms with Crippen LogP contribution in [-0.4, -0.2) is 0 Å². The lowest BCUT2D eigenvalue weighted by atomic mass is 9.89. The van der Waals surface area contributed by atoms with Crippen molar-refractivity contribution in [2.24, 2.45) is 0 Å². The van der Waals surface area contributed by atoms with Crippen LogP contribution in [-0.2, 0) is 6.42 Å². The lowest BCUT2D eigenvalue weighted by Crippen LogP contribution is -2.29. The first kappa shape index (κ1) is 11.0. The van der Waals surface area contributed by atoms with Crippen molar-refractivity contribution in [1.82, 2.24) is 0 Å². The molecule has 0 atom stereocenters. The summed E-state index contributed by atoms with van der Waals surface area (Å²) in [7, 11) is 0. The van der Waals surface area contributed by atoms with Crippen molar-refractivity contribution < 1.29 is 0 Å². The molecule has 0 fully saturated rings. The summed E-state index contributed by atoms with van der Waals surface area (Å²) in [5, 5.41) is 5.78. The molecular weight excluding hydrogens is 228 g/mol. The van der Waals surface area contributed by atoms with Crippen molar-refractivity contribution in [3.8, 4) is 0 Å². The van der Waals surface area contributed by atoms with Gasteiger partial charge in [0, 0.05) is 0 Å². The fourth-order valence-corrected chi connectivity index (χ4v) is 3.51. The van der Waals surface area contributed by atoms with E-state index in [1.165, 1.54) is 63.6 Å². The van der Waals surface area contributed by atoms with Crippen LogP contribution in [0.2, 0.25) is 0 Å².